The molecule has 2 aromatic rings. The lowest BCUT2D eigenvalue weighted by Gasteiger charge is -2.33. The third-order valence-electron chi connectivity index (χ3n) is 4.35. The van der Waals surface area contributed by atoms with Crippen LogP contribution < -0.4 is 0 Å². The van der Waals surface area contributed by atoms with Crippen molar-refractivity contribution < 1.29 is 13.5 Å². The molecule has 0 aliphatic carbocycles. The normalized spacial score (nSPS) is 21.1. The fourth-order valence-electron chi connectivity index (χ4n) is 3.16. The summed E-state index contributed by atoms with van der Waals surface area (Å²) >= 11 is 0. The van der Waals surface area contributed by atoms with Crippen molar-refractivity contribution in [1.29, 1.82) is 5.26 Å². The van der Waals surface area contributed by atoms with Gasteiger partial charge in [-0.3, -0.25) is 0 Å². The maximum absolute atomic E-state index is 14.8. The minimum absolute atomic E-state index is 0.0812. The van der Waals surface area contributed by atoms with Crippen LogP contribution in [0.2, 0.25) is 0 Å². The van der Waals surface area contributed by atoms with E-state index in [-0.39, 0.29) is 5.56 Å². The highest BCUT2D eigenvalue weighted by Crippen LogP contribution is 2.47. The predicted molar refractivity (Wildman–Crippen MR) is 83.0 cm³/mol. The zero-order chi connectivity index (χ0) is 16.3. The van der Waals surface area contributed by atoms with Crippen molar-refractivity contribution in [1.82, 2.24) is 0 Å². The van der Waals surface area contributed by atoms with Crippen molar-refractivity contribution in [2.45, 2.75) is 30.8 Å². The van der Waals surface area contributed by atoms with E-state index in [1.807, 2.05) is 36.4 Å². The molecule has 1 saturated heterocycles. The molecule has 1 heterocycles. The Kier molecular flexibility index (Phi) is 4.14. The van der Waals surface area contributed by atoms with Crippen LogP contribution in [0.3, 0.4) is 0 Å². The minimum atomic E-state index is -3.02. The van der Waals surface area contributed by atoms with Gasteiger partial charge in [-0.05, 0) is 30.5 Å². The van der Waals surface area contributed by atoms with Crippen LogP contribution in [0.25, 0.3) is 0 Å². The van der Waals surface area contributed by atoms with Crippen LogP contribution in [0.15, 0.2) is 54.6 Å². The Hall–Kier alpha value is -2.25. The maximum Gasteiger partial charge on any atom is 0.276 e. The number of nitriles is 1. The molecule has 1 aliphatic rings. The van der Waals surface area contributed by atoms with Gasteiger partial charge in [-0.2, -0.15) is 5.26 Å². The monoisotopic (exact) mass is 313 g/mol. The second-order valence-corrected chi connectivity index (χ2v) is 5.88. The highest BCUT2D eigenvalue weighted by Gasteiger charge is 2.47. The summed E-state index contributed by atoms with van der Waals surface area (Å²) in [5, 5.41) is 8.79. The number of halogens is 2. The van der Waals surface area contributed by atoms with Gasteiger partial charge >= 0.3 is 0 Å². The molecule has 23 heavy (non-hydrogen) atoms. The van der Waals surface area contributed by atoms with Gasteiger partial charge < -0.3 is 4.74 Å². The molecule has 1 aliphatic heterocycles. The smallest absolute Gasteiger partial charge is 0.276 e. The van der Waals surface area contributed by atoms with E-state index in [0.29, 0.717) is 18.6 Å². The zero-order valence-electron chi connectivity index (χ0n) is 12.6. The molecule has 118 valence electrons. The Balaban J connectivity index is 1.91. The van der Waals surface area contributed by atoms with E-state index in [4.69, 9.17) is 10.00 Å². The van der Waals surface area contributed by atoms with Crippen LogP contribution in [0.5, 0.6) is 0 Å². The molecule has 2 aromatic carbocycles. The van der Waals surface area contributed by atoms with Crippen molar-refractivity contribution in [3.63, 3.8) is 0 Å². The average molecular weight is 313 g/mol. The first-order chi connectivity index (χ1) is 11.1. The van der Waals surface area contributed by atoms with Gasteiger partial charge in [0, 0.05) is 18.6 Å². The first kappa shape index (κ1) is 15.6. The van der Waals surface area contributed by atoms with Crippen LogP contribution in [0.1, 0.15) is 36.0 Å². The average Bonchev–Trinajstić information content (AvgIpc) is 3.05. The fraction of sp³-hybridized carbons (Fsp3) is 0.316. The molecule has 0 bridgehead atoms. The Bertz CT molecular complexity index is 698. The Morgan fingerprint density at radius 2 is 1.78 bits per heavy atom. The Morgan fingerprint density at radius 1 is 1.09 bits per heavy atom. The summed E-state index contributed by atoms with van der Waals surface area (Å²) in [5.74, 6) is -3.02. The summed E-state index contributed by atoms with van der Waals surface area (Å²) in [6.45, 7) is 0.498. The molecule has 3 rings (SSSR count). The van der Waals surface area contributed by atoms with E-state index in [9.17, 15) is 8.78 Å². The molecule has 1 fully saturated rings. The van der Waals surface area contributed by atoms with Crippen molar-refractivity contribution in [2.75, 3.05) is 6.61 Å². The van der Waals surface area contributed by atoms with Crippen LogP contribution in [0.4, 0.5) is 8.78 Å². The molecule has 0 aromatic heterocycles. The Morgan fingerprint density at radius 3 is 2.35 bits per heavy atom. The second-order valence-electron chi connectivity index (χ2n) is 5.88. The number of nitrogens with zero attached hydrogens (tertiary/aromatic N) is 1. The lowest BCUT2D eigenvalue weighted by Crippen LogP contribution is -2.32. The van der Waals surface area contributed by atoms with Crippen LogP contribution >= 0.6 is 0 Å². The number of ether oxygens (including phenoxy) is 1. The lowest BCUT2D eigenvalue weighted by molar-refractivity contribution is -0.107. The third kappa shape index (κ3) is 3.11. The SMILES string of the molecule is N#Cc1ccc(C(F)(F)CC2(c3ccccc3)CCCO2)cc1. The molecule has 1 unspecified atom stereocenters. The quantitative estimate of drug-likeness (QED) is 0.816. The van der Waals surface area contributed by atoms with Gasteiger partial charge in [0.25, 0.3) is 5.92 Å². The van der Waals surface area contributed by atoms with Gasteiger partial charge in [0.1, 0.15) is 0 Å². The highest BCUT2D eigenvalue weighted by atomic mass is 19.3. The number of alkyl halides is 2. The number of hydrogen-bond acceptors (Lipinski definition) is 2. The predicted octanol–water partition coefficient (Wildman–Crippen LogP) is 4.75. The van der Waals surface area contributed by atoms with Gasteiger partial charge in [-0.1, -0.05) is 42.5 Å². The summed E-state index contributed by atoms with van der Waals surface area (Å²) in [6, 6.07) is 16.7. The maximum atomic E-state index is 14.8. The van der Waals surface area contributed by atoms with E-state index in [1.54, 1.807) is 0 Å². The largest absolute Gasteiger partial charge is 0.370 e. The van der Waals surface area contributed by atoms with Gasteiger partial charge in [0.2, 0.25) is 0 Å². The summed E-state index contributed by atoms with van der Waals surface area (Å²) in [6.07, 6.45) is 0.969. The lowest BCUT2D eigenvalue weighted by atomic mass is 9.83. The molecule has 1 atom stereocenters. The molecule has 0 radical (unpaired) electrons. The standard InChI is InChI=1S/C19H17F2NO/c20-19(21,17-9-7-15(13-22)8-10-17)14-18(11-4-12-23-18)16-5-2-1-3-6-16/h1-3,5-10H,4,11-12,14H2. The third-order valence-corrected chi connectivity index (χ3v) is 4.35. The van der Waals surface area contributed by atoms with Crippen molar-refractivity contribution in [2.24, 2.45) is 0 Å². The van der Waals surface area contributed by atoms with Crippen molar-refractivity contribution >= 4 is 0 Å². The van der Waals surface area contributed by atoms with Crippen LogP contribution in [-0.2, 0) is 16.3 Å². The number of rotatable bonds is 4. The fourth-order valence-corrected chi connectivity index (χ4v) is 3.16. The first-order valence-corrected chi connectivity index (χ1v) is 7.64. The molecular formula is C19H17F2NO. The molecule has 0 N–H and O–H groups in total. The summed E-state index contributed by atoms with van der Waals surface area (Å²) in [4.78, 5) is 0. The summed E-state index contributed by atoms with van der Waals surface area (Å²) in [7, 11) is 0. The van der Waals surface area contributed by atoms with E-state index in [1.165, 1.54) is 24.3 Å². The molecule has 0 amide bonds. The highest BCUT2D eigenvalue weighted by molar-refractivity contribution is 5.34. The van der Waals surface area contributed by atoms with Gasteiger partial charge in [0.15, 0.2) is 0 Å². The van der Waals surface area contributed by atoms with Gasteiger partial charge in [-0.25, -0.2) is 8.78 Å². The molecular weight excluding hydrogens is 296 g/mol. The van der Waals surface area contributed by atoms with Crippen LogP contribution in [-0.4, -0.2) is 6.61 Å². The minimum Gasteiger partial charge on any atom is -0.370 e. The molecule has 2 nitrogen and oxygen atoms in total. The summed E-state index contributed by atoms with van der Waals surface area (Å²) in [5.41, 5.74) is 0.145. The van der Waals surface area contributed by atoms with E-state index < -0.39 is 17.9 Å². The molecule has 0 spiro atoms. The first-order valence-electron chi connectivity index (χ1n) is 7.64. The number of benzene rings is 2. The van der Waals surface area contributed by atoms with Crippen LogP contribution in [0, 0.1) is 11.3 Å². The summed E-state index contributed by atoms with van der Waals surface area (Å²) < 4.78 is 35.4. The van der Waals surface area contributed by atoms with Crippen molar-refractivity contribution in [3.05, 3.63) is 71.3 Å². The zero-order valence-corrected chi connectivity index (χ0v) is 12.6. The topological polar surface area (TPSA) is 33.0 Å². The van der Waals surface area contributed by atoms with Gasteiger partial charge in [-0.15, -0.1) is 0 Å². The molecule has 0 saturated carbocycles. The Labute approximate surface area is 134 Å². The number of hydrogen-bond donors (Lipinski definition) is 0. The van der Waals surface area contributed by atoms with Gasteiger partial charge in [0.05, 0.1) is 17.2 Å². The second kappa shape index (κ2) is 6.10. The van der Waals surface area contributed by atoms with E-state index in [0.717, 1.165) is 12.0 Å². The van der Waals surface area contributed by atoms with E-state index >= 15 is 0 Å². The van der Waals surface area contributed by atoms with E-state index in [2.05, 4.69) is 0 Å². The van der Waals surface area contributed by atoms with Crippen molar-refractivity contribution in [3.8, 4) is 6.07 Å². The molecule has 4 heteroatoms.